The molecule has 1 aliphatic rings. The van der Waals surface area contributed by atoms with Gasteiger partial charge in [0, 0.05) is 36.5 Å². The number of hydrazone groups is 1. The monoisotopic (exact) mass is 466 g/mol. The summed E-state index contributed by atoms with van der Waals surface area (Å²) in [5.74, 6) is 1.43. The van der Waals surface area contributed by atoms with Crippen LogP contribution in [0.5, 0.6) is 11.5 Å². The van der Waals surface area contributed by atoms with Crippen molar-refractivity contribution in [3.05, 3.63) is 58.1 Å². The van der Waals surface area contributed by atoms with Gasteiger partial charge in [-0.25, -0.2) is 5.43 Å². The number of benzene rings is 2. The molecule has 0 bridgehead atoms. The number of rotatable bonds is 8. The highest BCUT2D eigenvalue weighted by Crippen LogP contribution is 2.22. The van der Waals surface area contributed by atoms with Crippen LogP contribution in [0.3, 0.4) is 0 Å². The minimum absolute atomic E-state index is 0.0207. The third kappa shape index (κ3) is 5.63. The lowest BCUT2D eigenvalue weighted by atomic mass is 10.2. The third-order valence-electron chi connectivity index (χ3n) is 4.85. The number of aromatic nitrogens is 3. The number of hydrogen-bond acceptors (Lipinski definition) is 12. The van der Waals surface area contributed by atoms with E-state index in [0.29, 0.717) is 49.3 Å². The molecule has 13 nitrogen and oxygen atoms in total. The van der Waals surface area contributed by atoms with E-state index in [1.165, 1.54) is 31.5 Å². The normalized spacial score (nSPS) is 13.6. The van der Waals surface area contributed by atoms with Crippen LogP contribution in [-0.4, -0.2) is 64.6 Å². The van der Waals surface area contributed by atoms with E-state index >= 15 is 0 Å². The molecule has 0 saturated carbocycles. The number of nitro benzene ring substituents is 1. The van der Waals surface area contributed by atoms with E-state index in [9.17, 15) is 15.2 Å². The summed E-state index contributed by atoms with van der Waals surface area (Å²) >= 11 is 0. The molecule has 176 valence electrons. The fourth-order valence-electron chi connectivity index (χ4n) is 3.09. The number of morpholine rings is 1. The number of nitrogens with zero attached hydrogens (tertiary/aromatic N) is 6. The molecule has 0 amide bonds. The van der Waals surface area contributed by atoms with Crippen LogP contribution in [0.2, 0.25) is 0 Å². The van der Waals surface area contributed by atoms with Crippen LogP contribution in [0.15, 0.2) is 47.6 Å². The number of methoxy groups -OCH3 is 1. The van der Waals surface area contributed by atoms with E-state index in [1.807, 2.05) is 4.90 Å². The third-order valence-corrected chi connectivity index (χ3v) is 4.85. The molecule has 0 radical (unpaired) electrons. The van der Waals surface area contributed by atoms with Gasteiger partial charge in [0.05, 0.1) is 31.5 Å². The number of non-ortho nitro benzene ring substituents is 1. The second-order valence-corrected chi connectivity index (χ2v) is 7.11. The van der Waals surface area contributed by atoms with Crippen LogP contribution in [-0.2, 0) is 4.74 Å². The predicted octanol–water partition coefficient (Wildman–Crippen LogP) is 2.52. The average molecular weight is 466 g/mol. The first kappa shape index (κ1) is 22.7. The Morgan fingerprint density at radius 3 is 2.59 bits per heavy atom. The van der Waals surface area contributed by atoms with E-state index in [1.54, 1.807) is 24.3 Å². The maximum absolute atomic E-state index is 10.9. The molecule has 3 N–H and O–H groups in total. The van der Waals surface area contributed by atoms with Crippen LogP contribution in [0.4, 0.5) is 29.2 Å². The molecule has 34 heavy (non-hydrogen) atoms. The molecule has 4 rings (SSSR count). The Morgan fingerprint density at radius 2 is 1.88 bits per heavy atom. The highest BCUT2D eigenvalue weighted by Gasteiger charge is 2.17. The number of aromatic hydroxyl groups is 1. The van der Waals surface area contributed by atoms with Gasteiger partial charge in [0.25, 0.3) is 5.69 Å². The zero-order valence-electron chi connectivity index (χ0n) is 18.2. The summed E-state index contributed by atoms with van der Waals surface area (Å²) in [5, 5.41) is 28.1. The molecule has 1 fully saturated rings. The van der Waals surface area contributed by atoms with Gasteiger partial charge >= 0.3 is 0 Å². The lowest BCUT2D eigenvalue weighted by Gasteiger charge is -2.27. The first-order chi connectivity index (χ1) is 16.5. The summed E-state index contributed by atoms with van der Waals surface area (Å²) in [6.07, 6.45) is 1.42. The highest BCUT2D eigenvalue weighted by atomic mass is 16.6. The van der Waals surface area contributed by atoms with Crippen molar-refractivity contribution < 1.29 is 19.5 Å². The van der Waals surface area contributed by atoms with Gasteiger partial charge in [-0.05, 0) is 30.3 Å². The lowest BCUT2D eigenvalue weighted by molar-refractivity contribution is -0.384. The quantitative estimate of drug-likeness (QED) is 0.254. The van der Waals surface area contributed by atoms with Crippen molar-refractivity contribution in [1.82, 2.24) is 15.0 Å². The molecule has 0 aliphatic carbocycles. The van der Waals surface area contributed by atoms with Crippen molar-refractivity contribution in [2.75, 3.05) is 49.1 Å². The molecule has 3 aromatic rings. The standard InChI is InChI=1S/C21H22N8O5/c1-33-17-6-7-18(30)14(12-17)13-22-27-20-24-19(23-15-2-4-16(5-3-15)29(31)32)25-21(26-20)28-8-10-34-11-9-28/h2-7,12-13,30H,8-11H2,1H3,(H2,23,24,25,26,27). The summed E-state index contributed by atoms with van der Waals surface area (Å²) in [6.45, 7) is 2.32. The Kier molecular flexibility index (Phi) is 6.93. The number of nitrogens with one attached hydrogen (secondary N) is 2. The number of phenolic OH excluding ortho intramolecular Hbond substituents is 1. The molecule has 1 saturated heterocycles. The fraction of sp³-hybridized carbons (Fsp3) is 0.238. The molecule has 2 heterocycles. The average Bonchev–Trinajstić information content (AvgIpc) is 2.86. The van der Waals surface area contributed by atoms with Gasteiger partial charge in [-0.15, -0.1) is 0 Å². The molecule has 0 spiro atoms. The van der Waals surface area contributed by atoms with Crippen molar-refractivity contribution in [1.29, 1.82) is 0 Å². The van der Waals surface area contributed by atoms with E-state index in [4.69, 9.17) is 9.47 Å². The number of ether oxygens (including phenoxy) is 2. The van der Waals surface area contributed by atoms with Crippen LogP contribution in [0.25, 0.3) is 0 Å². The minimum atomic E-state index is -0.469. The van der Waals surface area contributed by atoms with Gasteiger partial charge < -0.3 is 24.8 Å². The van der Waals surface area contributed by atoms with Gasteiger partial charge in [0.2, 0.25) is 17.8 Å². The summed E-state index contributed by atoms with van der Waals surface area (Å²) in [7, 11) is 1.53. The van der Waals surface area contributed by atoms with E-state index in [0.717, 1.165) is 0 Å². The smallest absolute Gasteiger partial charge is 0.269 e. The fourth-order valence-corrected chi connectivity index (χ4v) is 3.09. The van der Waals surface area contributed by atoms with Crippen molar-refractivity contribution >= 4 is 35.4 Å². The van der Waals surface area contributed by atoms with Crippen molar-refractivity contribution in [2.24, 2.45) is 5.10 Å². The van der Waals surface area contributed by atoms with Gasteiger partial charge in [-0.2, -0.15) is 20.1 Å². The maximum atomic E-state index is 10.9. The van der Waals surface area contributed by atoms with Crippen LogP contribution < -0.4 is 20.4 Å². The summed E-state index contributed by atoms with van der Waals surface area (Å²) < 4.78 is 10.6. The van der Waals surface area contributed by atoms with Gasteiger partial charge in [-0.3, -0.25) is 10.1 Å². The van der Waals surface area contributed by atoms with E-state index in [2.05, 4.69) is 30.8 Å². The first-order valence-electron chi connectivity index (χ1n) is 10.3. The second-order valence-electron chi connectivity index (χ2n) is 7.11. The van der Waals surface area contributed by atoms with Crippen molar-refractivity contribution in [3.8, 4) is 11.5 Å². The molecule has 1 aliphatic heterocycles. The molecule has 2 aromatic carbocycles. The topological polar surface area (TPSA) is 160 Å². The maximum Gasteiger partial charge on any atom is 0.269 e. The second kappa shape index (κ2) is 10.4. The van der Waals surface area contributed by atoms with Gasteiger partial charge in [0.15, 0.2) is 0 Å². The minimum Gasteiger partial charge on any atom is -0.507 e. The van der Waals surface area contributed by atoms with Crippen LogP contribution in [0, 0.1) is 10.1 Å². The molecule has 0 unspecified atom stereocenters. The Bertz CT molecular complexity index is 1180. The molecular formula is C21H22N8O5. The number of hydrogen-bond donors (Lipinski definition) is 3. The van der Waals surface area contributed by atoms with Crippen LogP contribution >= 0.6 is 0 Å². The lowest BCUT2D eigenvalue weighted by Crippen LogP contribution is -2.37. The van der Waals surface area contributed by atoms with Crippen LogP contribution in [0.1, 0.15) is 5.56 Å². The SMILES string of the molecule is COc1ccc(O)c(C=NNc2nc(Nc3ccc([N+](=O)[O-])cc3)nc(N3CCOCC3)n2)c1. The molecule has 1 aromatic heterocycles. The Morgan fingerprint density at radius 1 is 1.15 bits per heavy atom. The van der Waals surface area contributed by atoms with Gasteiger partial charge in [0.1, 0.15) is 11.5 Å². The Hall–Kier alpha value is -4.52. The molecule has 0 atom stereocenters. The van der Waals surface area contributed by atoms with E-state index in [-0.39, 0.29) is 23.3 Å². The number of anilines is 4. The zero-order chi connectivity index (χ0) is 23.9. The Labute approximate surface area is 194 Å². The van der Waals surface area contributed by atoms with Gasteiger partial charge in [-0.1, -0.05) is 0 Å². The summed E-state index contributed by atoms with van der Waals surface area (Å²) in [6, 6.07) is 10.7. The molecule has 13 heteroatoms. The number of phenols is 1. The van der Waals surface area contributed by atoms with Crippen molar-refractivity contribution in [3.63, 3.8) is 0 Å². The largest absolute Gasteiger partial charge is 0.507 e. The summed E-state index contributed by atoms with van der Waals surface area (Å²) in [4.78, 5) is 25.6. The zero-order valence-corrected chi connectivity index (χ0v) is 18.2. The van der Waals surface area contributed by atoms with E-state index < -0.39 is 4.92 Å². The Balaban J connectivity index is 1.57. The number of nitro groups is 1. The first-order valence-corrected chi connectivity index (χ1v) is 10.3. The van der Waals surface area contributed by atoms with Crippen molar-refractivity contribution in [2.45, 2.75) is 0 Å². The summed E-state index contributed by atoms with van der Waals surface area (Å²) in [5.41, 5.74) is 3.75. The molecular weight excluding hydrogens is 444 g/mol. The highest BCUT2D eigenvalue weighted by molar-refractivity contribution is 5.84. The predicted molar refractivity (Wildman–Crippen MR) is 125 cm³/mol.